The number of nitrogens with one attached hydrogen (secondary N) is 1. The average Bonchev–Trinajstić information content (AvgIpc) is 3.24. The van der Waals surface area contributed by atoms with Crippen molar-refractivity contribution in [2.24, 2.45) is 0 Å². The van der Waals surface area contributed by atoms with Gasteiger partial charge < -0.3 is 15.0 Å². The van der Waals surface area contributed by atoms with Crippen molar-refractivity contribution in [1.29, 1.82) is 0 Å². The summed E-state index contributed by atoms with van der Waals surface area (Å²) in [5.74, 6) is 0.428. The number of anilines is 2. The van der Waals surface area contributed by atoms with Crippen molar-refractivity contribution in [3.8, 4) is 5.95 Å². The fourth-order valence-corrected chi connectivity index (χ4v) is 4.50. The first-order valence-corrected chi connectivity index (χ1v) is 12.0. The van der Waals surface area contributed by atoms with Crippen LogP contribution in [0.15, 0.2) is 48.5 Å². The maximum atomic E-state index is 14.1. The minimum Gasteiger partial charge on any atom is -0.378 e. The molecule has 1 aliphatic heterocycles. The number of nitrogens with zero attached hydrogens (tertiary/aromatic N) is 6. The molecular formula is C26H29F2N7O. The zero-order valence-corrected chi connectivity index (χ0v) is 20.6. The molecule has 0 unspecified atom stereocenters. The number of ether oxygens (including phenoxy) is 1. The van der Waals surface area contributed by atoms with Crippen molar-refractivity contribution in [3.63, 3.8) is 0 Å². The molecule has 4 aromatic rings. The summed E-state index contributed by atoms with van der Waals surface area (Å²) in [4.78, 5) is 20.0. The van der Waals surface area contributed by atoms with Crippen molar-refractivity contribution in [2.45, 2.75) is 39.2 Å². The van der Waals surface area contributed by atoms with Crippen LogP contribution in [-0.4, -0.2) is 56.3 Å². The van der Waals surface area contributed by atoms with Gasteiger partial charge in [-0.2, -0.15) is 15.0 Å². The third-order valence-electron chi connectivity index (χ3n) is 6.07. The number of halogens is 2. The molecule has 36 heavy (non-hydrogen) atoms. The van der Waals surface area contributed by atoms with Gasteiger partial charge in [0, 0.05) is 18.6 Å². The summed E-state index contributed by atoms with van der Waals surface area (Å²) in [7, 11) is 0. The minimum atomic E-state index is -2.80. The van der Waals surface area contributed by atoms with E-state index in [0.29, 0.717) is 49.2 Å². The summed E-state index contributed by atoms with van der Waals surface area (Å²) in [6.07, 6.45) is -2.08. The Bertz CT molecular complexity index is 1370. The molecule has 0 saturated carbocycles. The van der Waals surface area contributed by atoms with Gasteiger partial charge in [0.05, 0.1) is 24.2 Å². The summed E-state index contributed by atoms with van der Waals surface area (Å²) in [6.45, 7) is 8.46. The van der Waals surface area contributed by atoms with Crippen LogP contribution in [0.25, 0.3) is 17.0 Å². The lowest BCUT2D eigenvalue weighted by Crippen LogP contribution is -2.38. The number of hydrogen-bond acceptors (Lipinski definition) is 7. The van der Waals surface area contributed by atoms with Gasteiger partial charge in [0.15, 0.2) is 5.82 Å². The molecule has 5 rings (SSSR count). The smallest absolute Gasteiger partial charge is 0.296 e. The first-order chi connectivity index (χ1) is 17.3. The van der Waals surface area contributed by atoms with Gasteiger partial charge in [0.25, 0.3) is 6.43 Å². The predicted octanol–water partition coefficient (Wildman–Crippen LogP) is 4.73. The van der Waals surface area contributed by atoms with Crippen LogP contribution in [-0.2, 0) is 11.2 Å². The number of benzene rings is 2. The molecule has 2 aromatic carbocycles. The Labute approximate surface area is 208 Å². The Kier molecular flexibility index (Phi) is 6.53. The molecule has 0 amide bonds. The molecular weight excluding hydrogens is 464 g/mol. The second kappa shape index (κ2) is 9.77. The number of rotatable bonds is 7. The highest BCUT2D eigenvalue weighted by molar-refractivity contribution is 5.77. The maximum Gasteiger partial charge on any atom is 0.296 e. The zero-order chi connectivity index (χ0) is 25.3. The Hall–Kier alpha value is -3.66. The highest BCUT2D eigenvalue weighted by Crippen LogP contribution is 2.28. The van der Waals surface area contributed by atoms with Gasteiger partial charge >= 0.3 is 0 Å². The molecule has 0 bridgehead atoms. The molecule has 1 fully saturated rings. The molecule has 1 saturated heterocycles. The number of aromatic nitrogens is 5. The highest BCUT2D eigenvalue weighted by atomic mass is 19.3. The predicted molar refractivity (Wildman–Crippen MR) is 135 cm³/mol. The average molecular weight is 494 g/mol. The van der Waals surface area contributed by atoms with Gasteiger partial charge in [0.1, 0.15) is 0 Å². The molecule has 8 nitrogen and oxygen atoms in total. The van der Waals surface area contributed by atoms with Crippen LogP contribution in [0.4, 0.5) is 20.7 Å². The van der Waals surface area contributed by atoms with Crippen LogP contribution in [0.3, 0.4) is 0 Å². The molecule has 0 atom stereocenters. The normalized spacial score (nSPS) is 14.6. The van der Waals surface area contributed by atoms with E-state index in [0.717, 1.165) is 6.42 Å². The molecule has 0 spiro atoms. The first kappa shape index (κ1) is 24.1. The molecule has 188 valence electrons. The van der Waals surface area contributed by atoms with Crippen LogP contribution < -0.4 is 10.2 Å². The quantitative estimate of drug-likeness (QED) is 0.399. The summed E-state index contributed by atoms with van der Waals surface area (Å²) in [5, 5.41) is 3.42. The summed E-state index contributed by atoms with van der Waals surface area (Å²) < 4.78 is 34.9. The van der Waals surface area contributed by atoms with Crippen molar-refractivity contribution in [1.82, 2.24) is 24.5 Å². The van der Waals surface area contributed by atoms with E-state index < -0.39 is 17.8 Å². The Morgan fingerprint density at radius 3 is 2.47 bits per heavy atom. The Balaban J connectivity index is 1.58. The van der Waals surface area contributed by atoms with Crippen LogP contribution >= 0.6 is 0 Å². The van der Waals surface area contributed by atoms with Gasteiger partial charge in [-0.1, -0.05) is 42.0 Å². The SMILES string of the molecule is Cc1cccc(CC(C)(C)Nc2nc(N3CCOCC3)nc(-n3c(C(F)F)nc4ccccc43)n2)c1. The Morgan fingerprint density at radius 1 is 0.972 bits per heavy atom. The molecule has 1 N–H and O–H groups in total. The van der Waals surface area contributed by atoms with Crippen molar-refractivity contribution < 1.29 is 13.5 Å². The van der Waals surface area contributed by atoms with Crippen molar-refractivity contribution in [2.75, 3.05) is 36.5 Å². The standard InChI is InChI=1S/C26H29F2N7O/c1-17-7-6-8-18(15-17)16-26(2,3)33-23-30-24(34-11-13-36-14-12-34)32-25(31-23)35-20-10-5-4-9-19(20)29-22(35)21(27)28/h4-10,15,21H,11-14,16H2,1-3H3,(H,30,31,32,33). The van der Waals surface area contributed by atoms with E-state index in [2.05, 4.69) is 64.2 Å². The zero-order valence-electron chi connectivity index (χ0n) is 20.6. The van der Waals surface area contributed by atoms with E-state index in [4.69, 9.17) is 4.74 Å². The molecule has 0 aliphatic carbocycles. The van der Waals surface area contributed by atoms with E-state index in [1.54, 1.807) is 24.3 Å². The fourth-order valence-electron chi connectivity index (χ4n) is 4.50. The molecule has 3 heterocycles. The monoisotopic (exact) mass is 493 g/mol. The molecule has 2 aromatic heterocycles. The second-order valence-corrected chi connectivity index (χ2v) is 9.63. The fraction of sp³-hybridized carbons (Fsp3) is 0.385. The first-order valence-electron chi connectivity index (χ1n) is 12.0. The van der Waals surface area contributed by atoms with Crippen molar-refractivity contribution in [3.05, 3.63) is 65.5 Å². The lowest BCUT2D eigenvalue weighted by Gasteiger charge is -2.29. The van der Waals surface area contributed by atoms with Crippen LogP contribution in [0, 0.1) is 6.92 Å². The van der Waals surface area contributed by atoms with E-state index >= 15 is 0 Å². The molecule has 1 aliphatic rings. The van der Waals surface area contributed by atoms with Crippen LogP contribution in [0.5, 0.6) is 0 Å². The number of morpholine rings is 1. The second-order valence-electron chi connectivity index (χ2n) is 9.63. The van der Waals surface area contributed by atoms with E-state index in [1.807, 2.05) is 11.0 Å². The maximum absolute atomic E-state index is 14.1. The van der Waals surface area contributed by atoms with Gasteiger partial charge in [-0.25, -0.2) is 13.8 Å². The lowest BCUT2D eigenvalue weighted by atomic mass is 9.94. The lowest BCUT2D eigenvalue weighted by molar-refractivity contribution is 0.122. The third-order valence-corrected chi connectivity index (χ3v) is 6.07. The van der Waals surface area contributed by atoms with E-state index in [9.17, 15) is 8.78 Å². The number of para-hydroxylation sites is 2. The van der Waals surface area contributed by atoms with Gasteiger partial charge in [-0.15, -0.1) is 0 Å². The third kappa shape index (κ3) is 5.13. The summed E-state index contributed by atoms with van der Waals surface area (Å²) in [6, 6.07) is 15.3. The molecule has 0 radical (unpaired) electrons. The summed E-state index contributed by atoms with van der Waals surface area (Å²) in [5.41, 5.74) is 2.91. The molecule has 10 heteroatoms. The number of fused-ring (bicyclic) bond motifs is 1. The topological polar surface area (TPSA) is 81.0 Å². The number of imidazole rings is 1. The van der Waals surface area contributed by atoms with Crippen LogP contribution in [0.2, 0.25) is 0 Å². The van der Waals surface area contributed by atoms with E-state index in [-0.39, 0.29) is 5.95 Å². The number of aryl methyl sites for hydroxylation is 1. The van der Waals surface area contributed by atoms with Crippen molar-refractivity contribution >= 4 is 22.9 Å². The number of hydrogen-bond donors (Lipinski definition) is 1. The summed E-state index contributed by atoms with van der Waals surface area (Å²) >= 11 is 0. The van der Waals surface area contributed by atoms with Gasteiger partial charge in [-0.3, -0.25) is 4.57 Å². The van der Waals surface area contributed by atoms with Gasteiger partial charge in [0.2, 0.25) is 17.8 Å². The van der Waals surface area contributed by atoms with E-state index in [1.165, 1.54) is 15.7 Å². The minimum absolute atomic E-state index is 0.101. The number of alkyl halides is 2. The highest BCUT2D eigenvalue weighted by Gasteiger charge is 2.26. The Morgan fingerprint density at radius 2 is 1.72 bits per heavy atom. The van der Waals surface area contributed by atoms with Gasteiger partial charge in [-0.05, 0) is 44.9 Å². The van der Waals surface area contributed by atoms with Crippen LogP contribution in [0.1, 0.15) is 37.2 Å². The largest absolute Gasteiger partial charge is 0.378 e.